The maximum absolute atomic E-state index is 10.2. The summed E-state index contributed by atoms with van der Waals surface area (Å²) >= 11 is 0. The molecule has 0 aliphatic heterocycles. The van der Waals surface area contributed by atoms with Gasteiger partial charge in [0.25, 0.3) is 0 Å². The van der Waals surface area contributed by atoms with Crippen LogP contribution in [0.25, 0.3) is 0 Å². The molecular formula is C7H13NO. The van der Waals surface area contributed by atoms with Crippen molar-refractivity contribution in [3.8, 4) is 0 Å². The van der Waals surface area contributed by atoms with Crippen LogP contribution in [-0.4, -0.2) is 5.91 Å². The van der Waals surface area contributed by atoms with Gasteiger partial charge in [-0.1, -0.05) is 26.3 Å². The molecule has 0 aliphatic carbocycles. The summed E-state index contributed by atoms with van der Waals surface area (Å²) in [5, 5.41) is 0. The highest BCUT2D eigenvalue weighted by molar-refractivity contribution is 5.85. The normalized spacial score (nSPS) is 14.0. The van der Waals surface area contributed by atoms with E-state index in [9.17, 15) is 4.79 Å². The summed E-state index contributed by atoms with van der Waals surface area (Å²) in [5.74, 6) is 0.0906. The second-order valence-electron chi connectivity index (χ2n) is 2.15. The first-order valence-corrected chi connectivity index (χ1v) is 3.14. The van der Waals surface area contributed by atoms with Gasteiger partial charge in [0.1, 0.15) is 0 Å². The molecule has 0 fully saturated rings. The predicted octanol–water partition coefficient (Wildman–Crippen LogP) is 1.07. The monoisotopic (exact) mass is 127 g/mol. The molecule has 0 spiro atoms. The third-order valence-corrected chi connectivity index (χ3v) is 1.23. The van der Waals surface area contributed by atoms with Gasteiger partial charge in [-0.25, -0.2) is 0 Å². The van der Waals surface area contributed by atoms with E-state index in [0.29, 0.717) is 5.92 Å². The zero-order valence-electron chi connectivity index (χ0n) is 5.92. The molecule has 0 saturated carbocycles. The molecule has 2 nitrogen and oxygen atoms in total. The maximum atomic E-state index is 10.2. The van der Waals surface area contributed by atoms with Crippen molar-refractivity contribution >= 4 is 5.91 Å². The van der Waals surface area contributed by atoms with Crippen molar-refractivity contribution in [1.82, 2.24) is 0 Å². The van der Waals surface area contributed by atoms with Gasteiger partial charge in [-0.3, -0.25) is 4.79 Å². The van der Waals surface area contributed by atoms with Gasteiger partial charge in [0, 0.05) is 0 Å². The van der Waals surface area contributed by atoms with Crippen LogP contribution in [0.3, 0.4) is 0 Å². The number of hydrogen-bond acceptors (Lipinski definition) is 1. The first kappa shape index (κ1) is 8.21. The Morgan fingerprint density at radius 1 is 1.78 bits per heavy atom. The molecule has 0 heterocycles. The van der Waals surface area contributed by atoms with E-state index in [0.717, 1.165) is 6.42 Å². The van der Waals surface area contributed by atoms with E-state index in [1.54, 1.807) is 0 Å². The fourth-order valence-corrected chi connectivity index (χ4v) is 0.395. The summed E-state index contributed by atoms with van der Waals surface area (Å²) in [6.07, 6.45) is 4.28. The van der Waals surface area contributed by atoms with Crippen molar-refractivity contribution in [2.45, 2.75) is 20.3 Å². The Morgan fingerprint density at radius 2 is 2.33 bits per heavy atom. The van der Waals surface area contributed by atoms with E-state index in [1.807, 2.05) is 13.0 Å². The Balaban J connectivity index is 3.56. The summed E-state index contributed by atoms with van der Waals surface area (Å²) in [6.45, 7) is 4.11. The number of nitrogens with two attached hydrogens (primary N) is 1. The second-order valence-corrected chi connectivity index (χ2v) is 2.15. The number of allylic oxidation sites excluding steroid dienone is 1. The molecule has 0 aliphatic rings. The van der Waals surface area contributed by atoms with E-state index in [1.165, 1.54) is 6.08 Å². The summed E-state index contributed by atoms with van der Waals surface area (Å²) in [5.41, 5.74) is 4.87. The van der Waals surface area contributed by atoms with Gasteiger partial charge >= 0.3 is 0 Å². The minimum atomic E-state index is -0.365. The van der Waals surface area contributed by atoms with Gasteiger partial charge in [0.15, 0.2) is 0 Å². The van der Waals surface area contributed by atoms with E-state index in [2.05, 4.69) is 6.92 Å². The molecular weight excluding hydrogens is 114 g/mol. The lowest BCUT2D eigenvalue weighted by Gasteiger charge is -1.96. The van der Waals surface area contributed by atoms with Crippen LogP contribution in [-0.2, 0) is 4.79 Å². The number of hydrogen-bond donors (Lipinski definition) is 1. The number of primary amides is 1. The zero-order valence-corrected chi connectivity index (χ0v) is 5.92. The van der Waals surface area contributed by atoms with Crippen LogP contribution in [0.2, 0.25) is 0 Å². The fourth-order valence-electron chi connectivity index (χ4n) is 0.395. The molecule has 1 atom stereocenters. The molecule has 0 saturated heterocycles. The lowest BCUT2D eigenvalue weighted by atomic mass is 10.1. The van der Waals surface area contributed by atoms with Gasteiger partial charge in [-0.2, -0.15) is 0 Å². The molecule has 0 rings (SSSR count). The Bertz CT molecular complexity index is 118. The van der Waals surface area contributed by atoms with Crippen molar-refractivity contribution in [3.05, 3.63) is 12.2 Å². The Labute approximate surface area is 55.7 Å². The van der Waals surface area contributed by atoms with Crippen LogP contribution in [0.15, 0.2) is 12.2 Å². The van der Waals surface area contributed by atoms with Gasteiger partial charge in [0.2, 0.25) is 5.91 Å². The van der Waals surface area contributed by atoms with Gasteiger partial charge < -0.3 is 5.73 Å². The van der Waals surface area contributed by atoms with Crippen molar-refractivity contribution in [2.75, 3.05) is 0 Å². The first-order chi connectivity index (χ1) is 4.16. The van der Waals surface area contributed by atoms with Crippen LogP contribution in [0.5, 0.6) is 0 Å². The Morgan fingerprint density at radius 3 is 2.67 bits per heavy atom. The van der Waals surface area contributed by atoms with Crippen molar-refractivity contribution in [3.63, 3.8) is 0 Å². The number of amides is 1. The van der Waals surface area contributed by atoms with E-state index >= 15 is 0 Å². The van der Waals surface area contributed by atoms with E-state index in [4.69, 9.17) is 5.73 Å². The molecule has 1 unspecified atom stereocenters. The second kappa shape index (κ2) is 4.13. The molecule has 0 aromatic heterocycles. The number of carbonyl (C=O) groups excluding carboxylic acids is 1. The van der Waals surface area contributed by atoms with Crippen LogP contribution in [0.4, 0.5) is 0 Å². The quantitative estimate of drug-likeness (QED) is 0.566. The standard InChI is InChI=1S/C7H13NO/c1-3-6(2)4-5-7(8)9/h4-6H,3H2,1-2H3,(H2,8,9)/b5-4-. The predicted molar refractivity (Wildman–Crippen MR) is 37.8 cm³/mol. The number of carbonyl (C=O) groups is 1. The van der Waals surface area contributed by atoms with Crippen molar-refractivity contribution in [2.24, 2.45) is 11.7 Å². The van der Waals surface area contributed by atoms with Crippen LogP contribution in [0.1, 0.15) is 20.3 Å². The molecule has 52 valence electrons. The van der Waals surface area contributed by atoms with Gasteiger partial charge in [0.05, 0.1) is 0 Å². The van der Waals surface area contributed by atoms with Crippen molar-refractivity contribution in [1.29, 1.82) is 0 Å². The summed E-state index contributed by atoms with van der Waals surface area (Å²) < 4.78 is 0. The first-order valence-electron chi connectivity index (χ1n) is 3.14. The smallest absolute Gasteiger partial charge is 0.241 e. The lowest BCUT2D eigenvalue weighted by Crippen LogP contribution is -2.06. The summed E-state index contributed by atoms with van der Waals surface area (Å²) in [7, 11) is 0. The molecule has 2 heteroatoms. The molecule has 9 heavy (non-hydrogen) atoms. The summed E-state index contributed by atoms with van der Waals surface area (Å²) in [6, 6.07) is 0. The third-order valence-electron chi connectivity index (χ3n) is 1.23. The van der Waals surface area contributed by atoms with Crippen molar-refractivity contribution < 1.29 is 4.79 Å². The van der Waals surface area contributed by atoms with E-state index < -0.39 is 0 Å². The lowest BCUT2D eigenvalue weighted by molar-refractivity contribution is -0.113. The highest BCUT2D eigenvalue weighted by Gasteiger charge is 1.90. The number of rotatable bonds is 3. The van der Waals surface area contributed by atoms with E-state index in [-0.39, 0.29) is 5.91 Å². The SMILES string of the molecule is CCC(C)/C=C\C(N)=O. The largest absolute Gasteiger partial charge is 0.366 e. The molecule has 2 N–H and O–H groups in total. The molecule has 0 radical (unpaired) electrons. The highest BCUT2D eigenvalue weighted by atomic mass is 16.1. The average molecular weight is 127 g/mol. The topological polar surface area (TPSA) is 43.1 Å². The van der Waals surface area contributed by atoms with Crippen LogP contribution < -0.4 is 5.73 Å². The Kier molecular flexibility index (Phi) is 3.76. The molecule has 0 aromatic rings. The third kappa shape index (κ3) is 5.07. The summed E-state index contributed by atoms with van der Waals surface area (Å²) in [4.78, 5) is 10.2. The minimum Gasteiger partial charge on any atom is -0.366 e. The highest BCUT2D eigenvalue weighted by Crippen LogP contribution is 2.00. The van der Waals surface area contributed by atoms with Crippen LogP contribution >= 0.6 is 0 Å². The van der Waals surface area contributed by atoms with Gasteiger partial charge in [-0.05, 0) is 12.0 Å². The molecule has 0 aromatic carbocycles. The fraction of sp³-hybridized carbons (Fsp3) is 0.571. The van der Waals surface area contributed by atoms with Crippen LogP contribution in [0, 0.1) is 5.92 Å². The zero-order chi connectivity index (χ0) is 7.28. The maximum Gasteiger partial charge on any atom is 0.241 e. The molecule has 0 bridgehead atoms. The average Bonchev–Trinajstić information content (AvgIpc) is 1.83. The van der Waals surface area contributed by atoms with Gasteiger partial charge in [-0.15, -0.1) is 0 Å². The molecule has 1 amide bonds. The Hall–Kier alpha value is -0.790. The minimum absolute atomic E-state index is 0.365.